The zero-order chi connectivity index (χ0) is 13.1. The quantitative estimate of drug-likeness (QED) is 0.872. The minimum Gasteiger partial charge on any atom is -0.480 e. The van der Waals surface area contributed by atoms with Crippen molar-refractivity contribution in [2.45, 2.75) is 6.54 Å². The van der Waals surface area contributed by atoms with Crippen molar-refractivity contribution in [3.8, 4) is 5.88 Å². The molecule has 2 rings (SSSR count). The Hall–Kier alpha value is -1.69. The highest BCUT2D eigenvalue weighted by molar-refractivity contribution is 9.10. The highest BCUT2D eigenvalue weighted by atomic mass is 79.9. The van der Waals surface area contributed by atoms with Crippen LogP contribution in [0.25, 0.3) is 0 Å². The standard InChI is InChI=1S/C12H10BrFN2O2/c1-18-11-2-3-12(17)16(15-11)7-8-4-9(13)6-10(14)5-8/h2-6H,7H2,1H3. The predicted molar refractivity (Wildman–Crippen MR) is 68.3 cm³/mol. The number of benzene rings is 1. The first kappa shape index (κ1) is 12.8. The highest BCUT2D eigenvalue weighted by Gasteiger charge is 2.04. The molecule has 0 saturated heterocycles. The molecule has 18 heavy (non-hydrogen) atoms. The summed E-state index contributed by atoms with van der Waals surface area (Å²) in [5.41, 5.74) is 0.376. The molecule has 0 bridgehead atoms. The average Bonchev–Trinajstić information content (AvgIpc) is 2.30. The van der Waals surface area contributed by atoms with E-state index in [1.54, 1.807) is 6.07 Å². The van der Waals surface area contributed by atoms with Crippen molar-refractivity contribution in [1.82, 2.24) is 9.78 Å². The van der Waals surface area contributed by atoms with E-state index in [1.165, 1.54) is 36.1 Å². The number of halogens is 2. The molecule has 0 fully saturated rings. The Morgan fingerprint density at radius 2 is 2.17 bits per heavy atom. The smallest absolute Gasteiger partial charge is 0.267 e. The van der Waals surface area contributed by atoms with E-state index in [-0.39, 0.29) is 17.9 Å². The second kappa shape index (κ2) is 5.30. The molecule has 4 nitrogen and oxygen atoms in total. The van der Waals surface area contributed by atoms with Crippen LogP contribution in [0.4, 0.5) is 4.39 Å². The zero-order valence-corrected chi connectivity index (χ0v) is 11.1. The summed E-state index contributed by atoms with van der Waals surface area (Å²) < 4.78 is 20.0. The van der Waals surface area contributed by atoms with Crippen LogP contribution < -0.4 is 10.3 Å². The van der Waals surface area contributed by atoms with E-state index in [1.807, 2.05) is 0 Å². The summed E-state index contributed by atoms with van der Waals surface area (Å²) in [6, 6.07) is 7.29. The van der Waals surface area contributed by atoms with Gasteiger partial charge >= 0.3 is 0 Å². The summed E-state index contributed by atoms with van der Waals surface area (Å²) in [4.78, 5) is 11.6. The monoisotopic (exact) mass is 312 g/mol. The van der Waals surface area contributed by atoms with Crippen molar-refractivity contribution in [2.24, 2.45) is 0 Å². The second-order valence-corrected chi connectivity index (χ2v) is 4.56. The van der Waals surface area contributed by atoms with Crippen molar-refractivity contribution in [2.75, 3.05) is 7.11 Å². The van der Waals surface area contributed by atoms with Gasteiger partial charge in [0.05, 0.1) is 13.7 Å². The molecule has 0 radical (unpaired) electrons. The molecule has 0 saturated carbocycles. The molecule has 0 spiro atoms. The van der Waals surface area contributed by atoms with E-state index in [4.69, 9.17) is 4.74 Å². The highest BCUT2D eigenvalue weighted by Crippen LogP contribution is 2.15. The lowest BCUT2D eigenvalue weighted by Crippen LogP contribution is -2.22. The lowest BCUT2D eigenvalue weighted by molar-refractivity contribution is 0.379. The van der Waals surface area contributed by atoms with Crippen LogP contribution in [0.3, 0.4) is 0 Å². The zero-order valence-electron chi connectivity index (χ0n) is 9.56. The fourth-order valence-electron chi connectivity index (χ4n) is 1.53. The fraction of sp³-hybridized carbons (Fsp3) is 0.167. The summed E-state index contributed by atoms with van der Waals surface area (Å²) in [7, 11) is 1.47. The van der Waals surface area contributed by atoms with Crippen molar-refractivity contribution in [3.63, 3.8) is 0 Å². The summed E-state index contributed by atoms with van der Waals surface area (Å²) in [6.07, 6.45) is 0. The van der Waals surface area contributed by atoms with Crippen molar-refractivity contribution in [3.05, 3.63) is 56.5 Å². The number of hydrogen-bond acceptors (Lipinski definition) is 3. The van der Waals surface area contributed by atoms with Gasteiger partial charge in [0.2, 0.25) is 5.88 Å². The minimum atomic E-state index is -0.365. The number of nitrogens with zero attached hydrogens (tertiary/aromatic N) is 2. The molecule has 0 aliphatic rings. The van der Waals surface area contributed by atoms with Crippen molar-refractivity contribution in [1.29, 1.82) is 0 Å². The molecule has 0 atom stereocenters. The lowest BCUT2D eigenvalue weighted by Gasteiger charge is -2.07. The number of ether oxygens (including phenoxy) is 1. The molecular formula is C12H10BrFN2O2. The molecule has 1 aromatic heterocycles. The first-order chi connectivity index (χ1) is 8.58. The normalized spacial score (nSPS) is 10.4. The van der Waals surface area contributed by atoms with E-state index in [0.29, 0.717) is 15.9 Å². The van der Waals surface area contributed by atoms with Crippen molar-refractivity contribution < 1.29 is 9.13 Å². The van der Waals surface area contributed by atoms with Crippen LogP contribution in [0.5, 0.6) is 5.88 Å². The third kappa shape index (κ3) is 2.95. The summed E-state index contributed by atoms with van der Waals surface area (Å²) in [5, 5.41) is 3.99. The van der Waals surface area contributed by atoms with Crippen LogP contribution >= 0.6 is 15.9 Å². The third-order valence-corrected chi connectivity index (χ3v) is 2.76. The number of methoxy groups -OCH3 is 1. The Bertz CT molecular complexity index is 607. The maximum Gasteiger partial charge on any atom is 0.267 e. The van der Waals surface area contributed by atoms with Crippen LogP contribution in [-0.4, -0.2) is 16.9 Å². The average molecular weight is 313 g/mol. The molecule has 0 unspecified atom stereocenters. The Labute approximate surface area is 111 Å². The van der Waals surface area contributed by atoms with Crippen LogP contribution in [0.2, 0.25) is 0 Å². The largest absolute Gasteiger partial charge is 0.480 e. The SMILES string of the molecule is COc1ccc(=O)n(Cc2cc(F)cc(Br)c2)n1. The number of rotatable bonds is 3. The van der Waals surface area contributed by atoms with Gasteiger partial charge in [0.1, 0.15) is 5.82 Å². The van der Waals surface area contributed by atoms with E-state index >= 15 is 0 Å². The van der Waals surface area contributed by atoms with Gasteiger partial charge < -0.3 is 4.74 Å². The van der Waals surface area contributed by atoms with Gasteiger partial charge in [-0.25, -0.2) is 9.07 Å². The van der Waals surface area contributed by atoms with Gasteiger partial charge in [0.25, 0.3) is 5.56 Å². The molecule has 1 heterocycles. The molecule has 94 valence electrons. The second-order valence-electron chi connectivity index (χ2n) is 3.65. The molecule has 0 amide bonds. The van der Waals surface area contributed by atoms with Gasteiger partial charge in [0.15, 0.2) is 0 Å². The maximum absolute atomic E-state index is 13.2. The van der Waals surface area contributed by atoms with Crippen LogP contribution in [0.1, 0.15) is 5.56 Å². The summed E-state index contributed by atoms with van der Waals surface area (Å²) in [5.74, 6) is -0.0274. The summed E-state index contributed by atoms with van der Waals surface area (Å²) in [6.45, 7) is 0.187. The van der Waals surface area contributed by atoms with E-state index in [2.05, 4.69) is 21.0 Å². The molecule has 6 heteroatoms. The Balaban J connectivity index is 2.36. The first-order valence-corrected chi connectivity index (χ1v) is 5.95. The number of aromatic nitrogens is 2. The van der Waals surface area contributed by atoms with Crippen LogP contribution in [-0.2, 0) is 6.54 Å². The lowest BCUT2D eigenvalue weighted by atomic mass is 10.2. The Kier molecular flexibility index (Phi) is 3.76. The van der Waals surface area contributed by atoms with Crippen LogP contribution in [0.15, 0.2) is 39.6 Å². The molecule has 0 aliphatic carbocycles. The van der Waals surface area contributed by atoms with Gasteiger partial charge in [0, 0.05) is 16.6 Å². The third-order valence-electron chi connectivity index (χ3n) is 2.31. The number of hydrogen-bond donors (Lipinski definition) is 0. The van der Waals surface area contributed by atoms with Crippen LogP contribution in [0, 0.1) is 5.82 Å². The molecule has 0 aliphatic heterocycles. The van der Waals surface area contributed by atoms with E-state index < -0.39 is 0 Å². The molecule has 2 aromatic rings. The van der Waals surface area contributed by atoms with Gasteiger partial charge in [-0.05, 0) is 23.8 Å². The Morgan fingerprint density at radius 1 is 1.39 bits per heavy atom. The molecule has 1 aromatic carbocycles. The first-order valence-electron chi connectivity index (χ1n) is 5.15. The molecule has 0 N–H and O–H groups in total. The predicted octanol–water partition coefficient (Wildman–Crippen LogP) is 2.20. The van der Waals surface area contributed by atoms with Gasteiger partial charge in [-0.1, -0.05) is 15.9 Å². The van der Waals surface area contributed by atoms with Gasteiger partial charge in [-0.2, -0.15) is 0 Å². The van der Waals surface area contributed by atoms with E-state index in [0.717, 1.165) is 0 Å². The maximum atomic E-state index is 13.2. The summed E-state index contributed by atoms with van der Waals surface area (Å²) >= 11 is 3.20. The minimum absolute atomic E-state index is 0.187. The molecular weight excluding hydrogens is 303 g/mol. The Morgan fingerprint density at radius 3 is 2.83 bits per heavy atom. The van der Waals surface area contributed by atoms with Crippen molar-refractivity contribution >= 4 is 15.9 Å². The fourth-order valence-corrected chi connectivity index (χ4v) is 2.04. The van der Waals surface area contributed by atoms with Gasteiger partial charge in [-0.3, -0.25) is 4.79 Å². The van der Waals surface area contributed by atoms with Gasteiger partial charge in [-0.15, -0.1) is 5.10 Å². The topological polar surface area (TPSA) is 44.1 Å². The van der Waals surface area contributed by atoms with E-state index in [9.17, 15) is 9.18 Å².